The monoisotopic (exact) mass is 402 g/mol. The second-order valence-corrected chi connectivity index (χ2v) is 11.8. The lowest BCUT2D eigenvalue weighted by atomic mass is 9.44. The number of nitrogens with one attached hydrogen (secondary N) is 1. The van der Waals surface area contributed by atoms with Gasteiger partial charge < -0.3 is 11.1 Å². The van der Waals surface area contributed by atoms with Crippen molar-refractivity contribution < 1.29 is 4.79 Å². The molecule has 4 aliphatic rings. The molecule has 3 nitrogen and oxygen atoms in total. The Morgan fingerprint density at radius 1 is 1.00 bits per heavy atom. The van der Waals surface area contributed by atoms with Crippen LogP contribution in [0.5, 0.6) is 0 Å². The van der Waals surface area contributed by atoms with Crippen molar-refractivity contribution in [2.45, 2.75) is 97.8 Å². The van der Waals surface area contributed by atoms with Crippen molar-refractivity contribution >= 4 is 5.91 Å². The zero-order valence-electron chi connectivity index (χ0n) is 19.3. The van der Waals surface area contributed by atoms with Gasteiger partial charge in [-0.25, -0.2) is 0 Å². The smallest absolute Gasteiger partial charge is 0.220 e. The van der Waals surface area contributed by atoms with Gasteiger partial charge in [0.05, 0.1) is 0 Å². The van der Waals surface area contributed by atoms with Gasteiger partial charge in [-0.2, -0.15) is 0 Å². The predicted molar refractivity (Wildman–Crippen MR) is 120 cm³/mol. The highest BCUT2D eigenvalue weighted by atomic mass is 16.1. The molecule has 0 aromatic rings. The quantitative estimate of drug-likeness (QED) is 0.614. The van der Waals surface area contributed by atoms with E-state index in [4.69, 9.17) is 5.73 Å². The largest absolute Gasteiger partial charge is 0.355 e. The number of amides is 1. The average Bonchev–Trinajstić information content (AvgIpc) is 3.07. The van der Waals surface area contributed by atoms with E-state index in [0.29, 0.717) is 36.3 Å². The maximum absolute atomic E-state index is 12.1. The Bertz CT molecular complexity index is 591. The summed E-state index contributed by atoms with van der Waals surface area (Å²) < 4.78 is 0. The zero-order valence-corrected chi connectivity index (χ0v) is 19.3. The van der Waals surface area contributed by atoms with Crippen LogP contribution in [0.25, 0.3) is 0 Å². The molecule has 0 saturated heterocycles. The fourth-order valence-electron chi connectivity index (χ4n) is 9.13. The van der Waals surface area contributed by atoms with Gasteiger partial charge in [0, 0.05) is 19.5 Å². The second-order valence-electron chi connectivity index (χ2n) is 11.8. The van der Waals surface area contributed by atoms with E-state index >= 15 is 0 Å². The molecule has 1 amide bonds. The third-order valence-electron chi connectivity index (χ3n) is 10.6. The fraction of sp³-hybridized carbons (Fsp3) is 0.962. The van der Waals surface area contributed by atoms with Crippen LogP contribution in [0.1, 0.15) is 97.8 Å². The van der Waals surface area contributed by atoms with Gasteiger partial charge in [0.15, 0.2) is 0 Å². The first-order chi connectivity index (χ1) is 13.9. The molecule has 0 spiro atoms. The maximum atomic E-state index is 12.1. The van der Waals surface area contributed by atoms with E-state index in [1.165, 1.54) is 64.2 Å². The Kier molecular flexibility index (Phi) is 6.36. The summed E-state index contributed by atoms with van der Waals surface area (Å²) in [6.07, 6.45) is 16.5. The van der Waals surface area contributed by atoms with Crippen LogP contribution in [0.4, 0.5) is 0 Å². The minimum atomic E-state index is 0.189. The van der Waals surface area contributed by atoms with E-state index in [1.807, 2.05) is 0 Å². The molecule has 166 valence electrons. The Balaban J connectivity index is 1.42. The van der Waals surface area contributed by atoms with Crippen LogP contribution >= 0.6 is 0 Å². The first-order valence-corrected chi connectivity index (χ1v) is 12.9. The predicted octanol–water partition coefficient (Wildman–Crippen LogP) is 5.53. The van der Waals surface area contributed by atoms with Gasteiger partial charge in [-0.05, 0) is 104 Å². The lowest BCUT2D eigenvalue weighted by Gasteiger charge is -2.61. The van der Waals surface area contributed by atoms with E-state index in [9.17, 15) is 4.79 Å². The topological polar surface area (TPSA) is 55.1 Å². The fourth-order valence-corrected chi connectivity index (χ4v) is 9.13. The van der Waals surface area contributed by atoms with Gasteiger partial charge in [0.25, 0.3) is 0 Å². The van der Waals surface area contributed by atoms with E-state index in [1.54, 1.807) is 0 Å². The van der Waals surface area contributed by atoms with Crippen molar-refractivity contribution in [3.63, 3.8) is 0 Å². The molecule has 0 aliphatic heterocycles. The maximum Gasteiger partial charge on any atom is 0.220 e. The Labute approximate surface area is 179 Å². The molecule has 29 heavy (non-hydrogen) atoms. The molecule has 4 saturated carbocycles. The van der Waals surface area contributed by atoms with Crippen LogP contribution in [0, 0.1) is 46.3 Å². The van der Waals surface area contributed by atoms with Crippen molar-refractivity contribution in [2.75, 3.05) is 13.1 Å². The first kappa shape index (κ1) is 21.7. The molecule has 0 aromatic heterocycles. The number of rotatable bonds is 6. The number of hydrogen-bond donors (Lipinski definition) is 2. The van der Waals surface area contributed by atoms with Gasteiger partial charge in [0.2, 0.25) is 5.91 Å². The zero-order chi connectivity index (χ0) is 20.6. The van der Waals surface area contributed by atoms with E-state index in [2.05, 4.69) is 26.1 Å². The normalized spacial score (nSPS) is 45.0. The molecule has 4 aliphatic carbocycles. The summed E-state index contributed by atoms with van der Waals surface area (Å²) in [5, 5.41) is 2.95. The molecule has 0 bridgehead atoms. The SMILES string of the molecule is CC(CCC(=O)NCCN)[C@H]1CC[C@H]2[C@@H]3CC[C@@H]4CCCC[C@]4(C)[C@H]3CC[C@]12C. The summed E-state index contributed by atoms with van der Waals surface area (Å²) in [5.41, 5.74) is 6.68. The number of hydrogen-bond acceptors (Lipinski definition) is 2. The minimum absolute atomic E-state index is 0.189. The summed E-state index contributed by atoms with van der Waals surface area (Å²) in [5.74, 6) is 5.60. The highest BCUT2D eigenvalue weighted by Gasteiger charge is 2.60. The molecule has 3 N–H and O–H groups in total. The molecular formula is C26H46N2O. The van der Waals surface area contributed by atoms with Gasteiger partial charge in [0.1, 0.15) is 0 Å². The second kappa shape index (κ2) is 8.52. The average molecular weight is 403 g/mol. The number of fused-ring (bicyclic) bond motifs is 5. The third kappa shape index (κ3) is 3.79. The molecule has 3 heteroatoms. The van der Waals surface area contributed by atoms with Crippen LogP contribution in [-0.2, 0) is 4.79 Å². The van der Waals surface area contributed by atoms with Crippen LogP contribution in [0.15, 0.2) is 0 Å². The lowest BCUT2D eigenvalue weighted by Crippen LogP contribution is -2.53. The van der Waals surface area contributed by atoms with E-state index in [-0.39, 0.29) is 5.91 Å². The molecule has 1 unspecified atom stereocenters. The minimum Gasteiger partial charge on any atom is -0.355 e. The van der Waals surface area contributed by atoms with Crippen molar-refractivity contribution in [2.24, 2.45) is 52.1 Å². The third-order valence-corrected chi connectivity index (χ3v) is 10.6. The van der Waals surface area contributed by atoms with Gasteiger partial charge in [-0.1, -0.05) is 33.6 Å². The Morgan fingerprint density at radius 2 is 1.79 bits per heavy atom. The standard InChI is InChI=1S/C26H46N2O/c1-18(7-12-24(29)28-17-16-27)21-10-11-22-20-9-8-19-6-4-5-14-25(19,2)23(20)13-15-26(21,22)3/h18-23H,4-17,27H2,1-3H3,(H,28,29)/t18?,19-,20-,21+,22-,23-,25-,26+/m0/s1. The highest BCUT2D eigenvalue weighted by molar-refractivity contribution is 5.75. The summed E-state index contributed by atoms with van der Waals surface area (Å²) in [4.78, 5) is 12.1. The summed E-state index contributed by atoms with van der Waals surface area (Å²) >= 11 is 0. The van der Waals surface area contributed by atoms with E-state index in [0.717, 1.165) is 36.0 Å². The van der Waals surface area contributed by atoms with Gasteiger partial charge >= 0.3 is 0 Å². The van der Waals surface area contributed by atoms with Crippen LogP contribution < -0.4 is 11.1 Å². The summed E-state index contributed by atoms with van der Waals surface area (Å²) in [6.45, 7) is 8.91. The molecular weight excluding hydrogens is 356 g/mol. The van der Waals surface area contributed by atoms with Gasteiger partial charge in [-0.3, -0.25) is 4.79 Å². The van der Waals surface area contributed by atoms with Crippen LogP contribution in [-0.4, -0.2) is 19.0 Å². The molecule has 8 atom stereocenters. The lowest BCUT2D eigenvalue weighted by molar-refractivity contribution is -0.122. The highest BCUT2D eigenvalue weighted by Crippen LogP contribution is 2.68. The van der Waals surface area contributed by atoms with Crippen molar-refractivity contribution in [3.05, 3.63) is 0 Å². The molecule has 0 radical (unpaired) electrons. The molecule has 4 fully saturated rings. The first-order valence-electron chi connectivity index (χ1n) is 12.9. The number of nitrogens with two attached hydrogens (primary N) is 1. The number of carbonyl (C=O) groups is 1. The number of carbonyl (C=O) groups excluding carboxylic acids is 1. The van der Waals surface area contributed by atoms with Gasteiger partial charge in [-0.15, -0.1) is 0 Å². The van der Waals surface area contributed by atoms with Crippen LogP contribution in [0.3, 0.4) is 0 Å². The summed E-state index contributed by atoms with van der Waals surface area (Å²) in [7, 11) is 0. The van der Waals surface area contributed by atoms with Crippen LogP contribution in [0.2, 0.25) is 0 Å². The van der Waals surface area contributed by atoms with E-state index < -0.39 is 0 Å². The van der Waals surface area contributed by atoms with Crippen molar-refractivity contribution in [3.8, 4) is 0 Å². The van der Waals surface area contributed by atoms with Crippen molar-refractivity contribution in [1.82, 2.24) is 5.32 Å². The molecule has 4 rings (SSSR count). The Morgan fingerprint density at radius 3 is 2.59 bits per heavy atom. The van der Waals surface area contributed by atoms with Crippen molar-refractivity contribution in [1.29, 1.82) is 0 Å². The molecule has 0 heterocycles. The molecule has 0 aromatic carbocycles. The Hall–Kier alpha value is -0.570. The summed E-state index contributed by atoms with van der Waals surface area (Å²) in [6, 6.07) is 0.